The van der Waals surface area contributed by atoms with E-state index in [2.05, 4.69) is 10.1 Å². The SMILES string of the molecule is COc1ccc(OC)c(N2CC(c3nc(-c4ccc5c(c4)OCO5)no3)CC2=O)c1. The minimum absolute atomic E-state index is 0.0469. The largest absolute Gasteiger partial charge is 0.497 e. The Hall–Kier alpha value is -3.75. The topological polar surface area (TPSA) is 96.2 Å². The molecule has 0 radical (unpaired) electrons. The second-order valence-corrected chi connectivity index (χ2v) is 6.97. The number of amides is 1. The molecular weight excluding hydrogens is 390 g/mol. The van der Waals surface area contributed by atoms with Crippen molar-refractivity contribution >= 4 is 11.6 Å². The lowest BCUT2D eigenvalue weighted by Crippen LogP contribution is -2.24. The molecule has 2 aromatic carbocycles. The smallest absolute Gasteiger partial charge is 0.232 e. The van der Waals surface area contributed by atoms with E-state index in [1.165, 1.54) is 0 Å². The fourth-order valence-corrected chi connectivity index (χ4v) is 3.67. The van der Waals surface area contributed by atoms with Gasteiger partial charge in [-0.05, 0) is 30.3 Å². The molecule has 2 aliphatic heterocycles. The molecule has 0 bridgehead atoms. The molecule has 0 saturated carbocycles. The van der Waals surface area contributed by atoms with Gasteiger partial charge in [-0.2, -0.15) is 4.98 Å². The van der Waals surface area contributed by atoms with Crippen LogP contribution in [0.1, 0.15) is 18.2 Å². The van der Waals surface area contributed by atoms with Crippen LogP contribution in [0.25, 0.3) is 11.4 Å². The summed E-state index contributed by atoms with van der Waals surface area (Å²) in [5, 5.41) is 4.08. The maximum absolute atomic E-state index is 12.7. The highest BCUT2D eigenvalue weighted by Gasteiger charge is 2.36. The van der Waals surface area contributed by atoms with Gasteiger partial charge in [-0.25, -0.2) is 0 Å². The first-order chi connectivity index (χ1) is 14.7. The van der Waals surface area contributed by atoms with Gasteiger partial charge >= 0.3 is 0 Å². The number of aromatic nitrogens is 2. The molecule has 3 heterocycles. The van der Waals surface area contributed by atoms with Crippen LogP contribution in [0.3, 0.4) is 0 Å². The van der Waals surface area contributed by atoms with Gasteiger partial charge in [-0.1, -0.05) is 5.16 Å². The number of benzene rings is 2. The minimum atomic E-state index is -0.219. The molecule has 2 aliphatic rings. The molecule has 9 heteroatoms. The van der Waals surface area contributed by atoms with Crippen molar-refractivity contribution in [1.29, 1.82) is 0 Å². The Kier molecular flexibility index (Phi) is 4.42. The molecule has 3 aromatic rings. The molecule has 9 nitrogen and oxygen atoms in total. The summed E-state index contributed by atoms with van der Waals surface area (Å²) in [6.07, 6.45) is 0.267. The number of hydrogen-bond acceptors (Lipinski definition) is 8. The van der Waals surface area contributed by atoms with Crippen LogP contribution in [-0.2, 0) is 4.79 Å². The molecule has 1 aromatic heterocycles. The van der Waals surface area contributed by atoms with Crippen LogP contribution >= 0.6 is 0 Å². The number of hydrogen-bond donors (Lipinski definition) is 0. The average molecular weight is 409 g/mol. The predicted molar refractivity (Wildman–Crippen MR) is 105 cm³/mol. The summed E-state index contributed by atoms with van der Waals surface area (Å²) in [6.45, 7) is 0.606. The molecule has 1 fully saturated rings. The lowest BCUT2D eigenvalue weighted by molar-refractivity contribution is -0.117. The number of nitrogens with zero attached hydrogens (tertiary/aromatic N) is 3. The Morgan fingerprint density at radius 3 is 2.77 bits per heavy atom. The predicted octanol–water partition coefficient (Wildman–Crippen LogP) is 3.00. The molecular formula is C21H19N3O6. The highest BCUT2D eigenvalue weighted by Crippen LogP contribution is 2.39. The van der Waals surface area contributed by atoms with Crippen LogP contribution in [0, 0.1) is 0 Å². The summed E-state index contributed by atoms with van der Waals surface area (Å²) in [4.78, 5) is 18.9. The molecule has 0 spiro atoms. The van der Waals surface area contributed by atoms with Gasteiger partial charge in [0.15, 0.2) is 11.5 Å². The van der Waals surface area contributed by atoms with Gasteiger partial charge in [-0.3, -0.25) is 4.79 Å². The molecule has 30 heavy (non-hydrogen) atoms. The maximum atomic E-state index is 12.7. The Labute approximate surface area is 172 Å². The Morgan fingerprint density at radius 1 is 1.07 bits per heavy atom. The van der Waals surface area contributed by atoms with E-state index in [4.69, 9.17) is 23.5 Å². The summed E-state index contributed by atoms with van der Waals surface area (Å²) < 4.78 is 26.9. The molecule has 0 N–H and O–H groups in total. The number of carbonyl (C=O) groups excluding carboxylic acids is 1. The number of rotatable bonds is 5. The number of methoxy groups -OCH3 is 2. The van der Waals surface area contributed by atoms with Crippen LogP contribution in [0.5, 0.6) is 23.0 Å². The summed E-state index contributed by atoms with van der Waals surface area (Å²) in [6, 6.07) is 10.8. The van der Waals surface area contributed by atoms with E-state index in [1.807, 2.05) is 18.2 Å². The van der Waals surface area contributed by atoms with Gasteiger partial charge in [0.1, 0.15) is 11.5 Å². The normalized spacial score (nSPS) is 17.5. The first-order valence-electron chi connectivity index (χ1n) is 9.42. The van der Waals surface area contributed by atoms with Gasteiger partial charge < -0.3 is 28.4 Å². The van der Waals surface area contributed by atoms with E-state index in [0.717, 1.165) is 5.56 Å². The quantitative estimate of drug-likeness (QED) is 0.635. The third-order valence-electron chi connectivity index (χ3n) is 5.22. The van der Waals surface area contributed by atoms with Crippen molar-refractivity contribution in [2.24, 2.45) is 0 Å². The van der Waals surface area contributed by atoms with Gasteiger partial charge in [0.05, 0.1) is 25.8 Å². The Balaban J connectivity index is 1.39. The fraction of sp³-hybridized carbons (Fsp3) is 0.286. The third-order valence-corrected chi connectivity index (χ3v) is 5.22. The van der Waals surface area contributed by atoms with Crippen LogP contribution in [0.15, 0.2) is 40.9 Å². The molecule has 1 saturated heterocycles. The van der Waals surface area contributed by atoms with Crippen molar-refractivity contribution in [3.63, 3.8) is 0 Å². The first-order valence-corrected chi connectivity index (χ1v) is 9.42. The summed E-state index contributed by atoms with van der Waals surface area (Å²) in [7, 11) is 3.15. The zero-order valence-electron chi connectivity index (χ0n) is 16.5. The number of carbonyl (C=O) groups is 1. The van der Waals surface area contributed by atoms with E-state index in [9.17, 15) is 4.79 Å². The average Bonchev–Trinajstić information content (AvgIpc) is 3.51. The van der Waals surface area contributed by atoms with Crippen molar-refractivity contribution in [2.75, 3.05) is 32.5 Å². The van der Waals surface area contributed by atoms with E-state index in [-0.39, 0.29) is 25.0 Å². The number of ether oxygens (including phenoxy) is 4. The van der Waals surface area contributed by atoms with Crippen LogP contribution < -0.4 is 23.8 Å². The molecule has 0 aliphatic carbocycles. The van der Waals surface area contributed by atoms with Crippen molar-refractivity contribution < 1.29 is 28.3 Å². The lowest BCUT2D eigenvalue weighted by atomic mass is 10.1. The van der Waals surface area contributed by atoms with Crippen LogP contribution in [0.4, 0.5) is 5.69 Å². The number of anilines is 1. The first kappa shape index (κ1) is 18.3. The lowest BCUT2D eigenvalue weighted by Gasteiger charge is -2.20. The third kappa shape index (κ3) is 3.08. The highest BCUT2D eigenvalue weighted by molar-refractivity contribution is 5.98. The summed E-state index contributed by atoms with van der Waals surface area (Å²) in [5.41, 5.74) is 1.41. The van der Waals surface area contributed by atoms with E-state index < -0.39 is 0 Å². The highest BCUT2D eigenvalue weighted by atomic mass is 16.7. The van der Waals surface area contributed by atoms with Crippen molar-refractivity contribution in [3.8, 4) is 34.4 Å². The Morgan fingerprint density at radius 2 is 1.93 bits per heavy atom. The van der Waals surface area contributed by atoms with Gasteiger partial charge in [0.25, 0.3) is 0 Å². The molecule has 1 amide bonds. The standard InChI is InChI=1S/C21H19N3O6/c1-26-14-4-6-16(27-2)15(9-14)24-10-13(8-19(24)25)21-22-20(23-30-21)12-3-5-17-18(7-12)29-11-28-17/h3-7,9,13H,8,10-11H2,1-2H3. The van der Waals surface area contributed by atoms with Crippen molar-refractivity contribution in [3.05, 3.63) is 42.3 Å². The Bertz CT molecular complexity index is 1110. The minimum Gasteiger partial charge on any atom is -0.497 e. The molecule has 1 atom stereocenters. The van der Waals surface area contributed by atoms with Gasteiger partial charge in [0.2, 0.25) is 24.4 Å². The molecule has 1 unspecified atom stereocenters. The zero-order chi connectivity index (χ0) is 20.7. The van der Waals surface area contributed by atoms with Gasteiger partial charge in [0, 0.05) is 24.6 Å². The van der Waals surface area contributed by atoms with E-state index in [1.54, 1.807) is 37.3 Å². The second kappa shape index (κ2) is 7.25. The molecule has 5 rings (SSSR count). The maximum Gasteiger partial charge on any atom is 0.232 e. The van der Waals surface area contributed by atoms with Crippen LogP contribution in [0.2, 0.25) is 0 Å². The van der Waals surface area contributed by atoms with Crippen molar-refractivity contribution in [1.82, 2.24) is 10.1 Å². The van der Waals surface area contributed by atoms with E-state index >= 15 is 0 Å². The fourth-order valence-electron chi connectivity index (χ4n) is 3.67. The summed E-state index contributed by atoms with van der Waals surface area (Å²) >= 11 is 0. The van der Waals surface area contributed by atoms with E-state index in [0.29, 0.717) is 46.9 Å². The van der Waals surface area contributed by atoms with Crippen molar-refractivity contribution in [2.45, 2.75) is 12.3 Å². The second-order valence-electron chi connectivity index (χ2n) is 6.97. The van der Waals surface area contributed by atoms with Crippen LogP contribution in [-0.4, -0.2) is 43.6 Å². The number of fused-ring (bicyclic) bond motifs is 1. The molecule has 154 valence electrons. The summed E-state index contributed by atoms with van der Waals surface area (Å²) in [5.74, 6) is 3.16. The van der Waals surface area contributed by atoms with Gasteiger partial charge in [-0.15, -0.1) is 0 Å². The monoisotopic (exact) mass is 409 g/mol. The zero-order valence-corrected chi connectivity index (χ0v) is 16.5.